The number of hydrogen-bond acceptors (Lipinski definition) is 2. The first-order chi connectivity index (χ1) is 5.83. The summed E-state index contributed by atoms with van der Waals surface area (Å²) in [6.07, 6.45) is 2.08. The Balaban J connectivity index is 2.88. The van der Waals surface area contributed by atoms with Crippen LogP contribution in [0.15, 0.2) is 0 Å². The van der Waals surface area contributed by atoms with Crippen molar-refractivity contribution in [2.24, 2.45) is 0 Å². The standard InChI is InChI=1S/C8H14ClN3/c1-3-5-7-10-11-8(6-9)12(7)4-2/h3-6H2,1-2H3. The lowest BCUT2D eigenvalue weighted by Gasteiger charge is -2.03. The number of aryl methyl sites for hydroxylation is 1. The van der Waals surface area contributed by atoms with E-state index in [0.29, 0.717) is 5.88 Å². The van der Waals surface area contributed by atoms with Gasteiger partial charge in [0.1, 0.15) is 11.6 Å². The molecule has 68 valence electrons. The van der Waals surface area contributed by atoms with Crippen molar-refractivity contribution < 1.29 is 0 Å². The fourth-order valence-electron chi connectivity index (χ4n) is 1.24. The molecule has 3 nitrogen and oxygen atoms in total. The molecule has 0 radical (unpaired) electrons. The van der Waals surface area contributed by atoms with Crippen molar-refractivity contribution in [1.29, 1.82) is 0 Å². The van der Waals surface area contributed by atoms with Crippen molar-refractivity contribution in [3.05, 3.63) is 11.6 Å². The molecule has 0 N–H and O–H groups in total. The predicted molar refractivity (Wildman–Crippen MR) is 49.2 cm³/mol. The van der Waals surface area contributed by atoms with E-state index in [0.717, 1.165) is 31.0 Å². The second-order valence-electron chi connectivity index (χ2n) is 2.66. The van der Waals surface area contributed by atoms with Gasteiger partial charge in [0.25, 0.3) is 0 Å². The largest absolute Gasteiger partial charge is 0.314 e. The zero-order chi connectivity index (χ0) is 8.97. The van der Waals surface area contributed by atoms with Gasteiger partial charge in [-0.05, 0) is 13.3 Å². The van der Waals surface area contributed by atoms with Gasteiger partial charge in [-0.15, -0.1) is 21.8 Å². The van der Waals surface area contributed by atoms with Crippen LogP contribution in [0.2, 0.25) is 0 Å². The summed E-state index contributed by atoms with van der Waals surface area (Å²) in [5.41, 5.74) is 0. The Bertz CT molecular complexity index is 244. The quantitative estimate of drug-likeness (QED) is 0.675. The normalized spacial score (nSPS) is 10.6. The van der Waals surface area contributed by atoms with Crippen molar-refractivity contribution in [2.75, 3.05) is 0 Å². The summed E-state index contributed by atoms with van der Waals surface area (Å²) in [6, 6.07) is 0. The number of alkyl halides is 1. The van der Waals surface area contributed by atoms with Crippen LogP contribution < -0.4 is 0 Å². The van der Waals surface area contributed by atoms with Crippen molar-refractivity contribution in [3.8, 4) is 0 Å². The third kappa shape index (κ3) is 1.78. The lowest BCUT2D eigenvalue weighted by Crippen LogP contribution is -2.04. The van der Waals surface area contributed by atoms with Crippen LogP contribution in [0.5, 0.6) is 0 Å². The highest BCUT2D eigenvalue weighted by Crippen LogP contribution is 2.06. The van der Waals surface area contributed by atoms with E-state index in [9.17, 15) is 0 Å². The summed E-state index contributed by atoms with van der Waals surface area (Å²) in [6.45, 7) is 5.12. The Kier molecular flexibility index (Phi) is 3.53. The fourth-order valence-corrected chi connectivity index (χ4v) is 1.44. The molecule has 0 aliphatic carbocycles. The van der Waals surface area contributed by atoms with Crippen molar-refractivity contribution in [3.63, 3.8) is 0 Å². The van der Waals surface area contributed by atoms with Crippen LogP contribution in [0.3, 0.4) is 0 Å². The van der Waals surface area contributed by atoms with E-state index in [1.165, 1.54) is 0 Å². The molecule has 1 rings (SSSR count). The molecule has 0 bridgehead atoms. The van der Waals surface area contributed by atoms with Crippen LogP contribution in [0.4, 0.5) is 0 Å². The summed E-state index contributed by atoms with van der Waals surface area (Å²) in [7, 11) is 0. The van der Waals surface area contributed by atoms with Crippen LogP contribution >= 0.6 is 11.6 Å². The number of aromatic nitrogens is 3. The highest BCUT2D eigenvalue weighted by molar-refractivity contribution is 6.16. The number of nitrogens with zero attached hydrogens (tertiary/aromatic N) is 3. The predicted octanol–water partition coefficient (Wildman–Crippen LogP) is 1.99. The third-order valence-corrected chi connectivity index (χ3v) is 2.05. The van der Waals surface area contributed by atoms with Crippen LogP contribution in [-0.2, 0) is 18.8 Å². The number of rotatable bonds is 4. The zero-order valence-corrected chi connectivity index (χ0v) is 8.30. The minimum absolute atomic E-state index is 0.449. The van der Waals surface area contributed by atoms with Crippen LogP contribution in [0.1, 0.15) is 31.9 Å². The summed E-state index contributed by atoms with van der Waals surface area (Å²) < 4.78 is 2.08. The van der Waals surface area contributed by atoms with Crippen LogP contribution in [-0.4, -0.2) is 14.8 Å². The van der Waals surface area contributed by atoms with Crippen LogP contribution in [0.25, 0.3) is 0 Å². The molecule has 0 spiro atoms. The van der Waals surface area contributed by atoms with Gasteiger partial charge in [-0.25, -0.2) is 0 Å². The lowest BCUT2D eigenvalue weighted by atomic mass is 10.3. The van der Waals surface area contributed by atoms with E-state index in [2.05, 4.69) is 28.6 Å². The van der Waals surface area contributed by atoms with Gasteiger partial charge in [-0.1, -0.05) is 6.92 Å². The maximum absolute atomic E-state index is 5.70. The van der Waals surface area contributed by atoms with Gasteiger partial charge in [0.2, 0.25) is 0 Å². The summed E-state index contributed by atoms with van der Waals surface area (Å²) in [5, 5.41) is 8.08. The molecule has 0 unspecified atom stereocenters. The van der Waals surface area contributed by atoms with E-state index < -0.39 is 0 Å². The van der Waals surface area contributed by atoms with Gasteiger partial charge in [-0.2, -0.15) is 0 Å². The highest BCUT2D eigenvalue weighted by Gasteiger charge is 2.07. The summed E-state index contributed by atoms with van der Waals surface area (Å²) in [4.78, 5) is 0. The van der Waals surface area contributed by atoms with Crippen molar-refractivity contribution in [2.45, 2.75) is 39.1 Å². The third-order valence-electron chi connectivity index (χ3n) is 1.81. The molecule has 0 saturated carbocycles. The van der Waals surface area contributed by atoms with Gasteiger partial charge >= 0.3 is 0 Å². The lowest BCUT2D eigenvalue weighted by molar-refractivity contribution is 0.664. The SMILES string of the molecule is CCCc1nnc(CCl)n1CC. The Morgan fingerprint density at radius 3 is 2.42 bits per heavy atom. The molecule has 0 atom stereocenters. The summed E-state index contributed by atoms with van der Waals surface area (Å²) in [5.74, 6) is 2.38. The van der Waals surface area contributed by atoms with E-state index in [1.807, 2.05) is 0 Å². The molecule has 0 aliphatic heterocycles. The molecule has 1 aromatic rings. The molecular formula is C8H14ClN3. The molecule has 0 aliphatic rings. The van der Waals surface area contributed by atoms with E-state index in [4.69, 9.17) is 11.6 Å². The van der Waals surface area contributed by atoms with Gasteiger partial charge in [0.15, 0.2) is 0 Å². The average molecular weight is 188 g/mol. The maximum atomic E-state index is 5.70. The molecular weight excluding hydrogens is 174 g/mol. The Morgan fingerprint density at radius 1 is 1.25 bits per heavy atom. The molecule has 0 aromatic carbocycles. The Labute approximate surface area is 77.8 Å². The Morgan fingerprint density at radius 2 is 1.92 bits per heavy atom. The van der Waals surface area contributed by atoms with Crippen molar-refractivity contribution in [1.82, 2.24) is 14.8 Å². The first kappa shape index (κ1) is 9.52. The first-order valence-electron chi connectivity index (χ1n) is 4.30. The van der Waals surface area contributed by atoms with Gasteiger partial charge in [-0.3, -0.25) is 0 Å². The van der Waals surface area contributed by atoms with E-state index in [1.54, 1.807) is 0 Å². The topological polar surface area (TPSA) is 30.7 Å². The minimum atomic E-state index is 0.449. The zero-order valence-electron chi connectivity index (χ0n) is 7.55. The maximum Gasteiger partial charge on any atom is 0.147 e. The highest BCUT2D eigenvalue weighted by atomic mass is 35.5. The number of hydrogen-bond donors (Lipinski definition) is 0. The molecule has 0 fully saturated rings. The molecule has 0 amide bonds. The molecule has 1 heterocycles. The summed E-state index contributed by atoms with van der Waals surface area (Å²) >= 11 is 5.70. The molecule has 12 heavy (non-hydrogen) atoms. The second kappa shape index (κ2) is 4.45. The molecule has 0 saturated heterocycles. The van der Waals surface area contributed by atoms with E-state index >= 15 is 0 Å². The average Bonchev–Trinajstić information content (AvgIpc) is 2.47. The van der Waals surface area contributed by atoms with Crippen molar-refractivity contribution >= 4 is 11.6 Å². The minimum Gasteiger partial charge on any atom is -0.314 e. The molecule has 4 heteroatoms. The van der Waals surface area contributed by atoms with Gasteiger partial charge < -0.3 is 4.57 Å². The van der Waals surface area contributed by atoms with Crippen LogP contribution in [0, 0.1) is 0 Å². The second-order valence-corrected chi connectivity index (χ2v) is 2.93. The monoisotopic (exact) mass is 187 g/mol. The Hall–Kier alpha value is -0.570. The van der Waals surface area contributed by atoms with Gasteiger partial charge in [0.05, 0.1) is 5.88 Å². The fraction of sp³-hybridized carbons (Fsp3) is 0.750. The molecule has 1 aromatic heterocycles. The first-order valence-corrected chi connectivity index (χ1v) is 4.83. The number of halogens is 1. The van der Waals surface area contributed by atoms with Gasteiger partial charge in [0, 0.05) is 13.0 Å². The smallest absolute Gasteiger partial charge is 0.147 e. The van der Waals surface area contributed by atoms with E-state index in [-0.39, 0.29) is 0 Å².